The van der Waals surface area contributed by atoms with Gasteiger partial charge in [-0.25, -0.2) is 9.95 Å². The van der Waals surface area contributed by atoms with Crippen molar-refractivity contribution in [3.8, 4) is 0 Å². The number of anilines is 1. The zero-order chi connectivity index (χ0) is 9.97. The minimum Gasteiger partial charge on any atom is -0.391 e. The fourth-order valence-corrected chi connectivity index (χ4v) is 1.27. The summed E-state index contributed by atoms with van der Waals surface area (Å²) in [6, 6.07) is 9.73. The van der Waals surface area contributed by atoms with Crippen LogP contribution in [0.1, 0.15) is 11.3 Å². The largest absolute Gasteiger partial charge is 0.391 e. The van der Waals surface area contributed by atoms with Crippen molar-refractivity contribution < 1.29 is 4.52 Å². The topological polar surface area (TPSA) is 72.0 Å². The lowest BCUT2D eigenvalue weighted by molar-refractivity contribution is 0.386. The van der Waals surface area contributed by atoms with Gasteiger partial charge in [-0.3, -0.25) is 0 Å². The molecule has 1 heterocycles. The molecule has 0 bridgehead atoms. The standard InChI is InChI=1S/C10H10N2O2/c11-9-8(12-14-10(9)13)6-7-4-2-1-3-5-7/h1-5,12H,6,11H2. The van der Waals surface area contributed by atoms with Crippen LogP contribution >= 0.6 is 0 Å². The number of aromatic nitrogens is 1. The third kappa shape index (κ3) is 1.54. The Bertz CT molecular complexity index is 470. The van der Waals surface area contributed by atoms with Crippen LogP contribution in [0.15, 0.2) is 39.6 Å². The van der Waals surface area contributed by atoms with Crippen molar-refractivity contribution in [2.75, 3.05) is 5.73 Å². The highest BCUT2D eigenvalue weighted by Crippen LogP contribution is 2.10. The number of benzene rings is 1. The summed E-state index contributed by atoms with van der Waals surface area (Å²) in [6.07, 6.45) is 0.582. The smallest absolute Gasteiger partial charge is 0.380 e. The fourth-order valence-electron chi connectivity index (χ4n) is 1.27. The zero-order valence-electron chi connectivity index (χ0n) is 7.49. The number of nitrogens with two attached hydrogens (primary N) is 1. The molecule has 4 nitrogen and oxygen atoms in total. The molecule has 0 unspecified atom stereocenters. The zero-order valence-corrected chi connectivity index (χ0v) is 7.49. The maximum absolute atomic E-state index is 10.9. The highest BCUT2D eigenvalue weighted by Gasteiger charge is 2.07. The molecule has 3 N–H and O–H groups in total. The third-order valence-corrected chi connectivity index (χ3v) is 2.04. The Balaban J connectivity index is 2.28. The molecule has 0 aliphatic carbocycles. The van der Waals surface area contributed by atoms with Crippen molar-refractivity contribution >= 4 is 5.69 Å². The maximum atomic E-state index is 10.9. The molecule has 14 heavy (non-hydrogen) atoms. The summed E-state index contributed by atoms with van der Waals surface area (Å²) >= 11 is 0. The average Bonchev–Trinajstić information content (AvgIpc) is 2.52. The SMILES string of the molecule is Nc1c(Cc2ccccc2)[nH]oc1=O. The van der Waals surface area contributed by atoms with Crippen LogP contribution in [0.2, 0.25) is 0 Å². The van der Waals surface area contributed by atoms with Gasteiger partial charge in [0.05, 0.1) is 5.69 Å². The highest BCUT2D eigenvalue weighted by molar-refractivity contribution is 5.41. The van der Waals surface area contributed by atoms with Gasteiger partial charge in [0, 0.05) is 6.42 Å². The summed E-state index contributed by atoms with van der Waals surface area (Å²) in [5.41, 5.74) is 6.88. The van der Waals surface area contributed by atoms with Crippen molar-refractivity contribution in [1.82, 2.24) is 5.16 Å². The average molecular weight is 190 g/mol. The molecule has 0 saturated carbocycles. The first-order valence-corrected chi connectivity index (χ1v) is 4.27. The third-order valence-electron chi connectivity index (χ3n) is 2.04. The summed E-state index contributed by atoms with van der Waals surface area (Å²) < 4.78 is 4.56. The van der Waals surface area contributed by atoms with E-state index >= 15 is 0 Å². The molecule has 2 rings (SSSR count). The van der Waals surface area contributed by atoms with Crippen LogP contribution in [0, 0.1) is 0 Å². The first-order chi connectivity index (χ1) is 6.77. The Kier molecular flexibility index (Phi) is 2.10. The first kappa shape index (κ1) is 8.62. The van der Waals surface area contributed by atoms with Crippen LogP contribution in [0.3, 0.4) is 0 Å². The quantitative estimate of drug-likeness (QED) is 0.745. The molecule has 4 heteroatoms. The summed E-state index contributed by atoms with van der Waals surface area (Å²) in [5, 5.41) is 2.51. The van der Waals surface area contributed by atoms with E-state index in [2.05, 4.69) is 9.68 Å². The first-order valence-electron chi connectivity index (χ1n) is 4.27. The fraction of sp³-hybridized carbons (Fsp3) is 0.100. The number of hydrogen-bond acceptors (Lipinski definition) is 3. The molecular formula is C10H10N2O2. The maximum Gasteiger partial charge on any atom is 0.380 e. The molecule has 0 atom stereocenters. The number of nitrogens with one attached hydrogen (secondary N) is 1. The summed E-state index contributed by atoms with van der Waals surface area (Å²) in [4.78, 5) is 10.9. The van der Waals surface area contributed by atoms with Crippen molar-refractivity contribution in [2.45, 2.75) is 6.42 Å². The second-order valence-electron chi connectivity index (χ2n) is 3.05. The van der Waals surface area contributed by atoms with Crippen molar-refractivity contribution in [1.29, 1.82) is 0 Å². The Morgan fingerprint density at radius 1 is 1.29 bits per heavy atom. The Morgan fingerprint density at radius 3 is 2.57 bits per heavy atom. The van der Waals surface area contributed by atoms with Gasteiger partial charge in [0.2, 0.25) is 0 Å². The Morgan fingerprint density at radius 2 is 2.00 bits per heavy atom. The van der Waals surface area contributed by atoms with Crippen LogP contribution in [0.4, 0.5) is 5.69 Å². The lowest BCUT2D eigenvalue weighted by atomic mass is 10.1. The Labute approximate surface area is 80.3 Å². The molecule has 2 aromatic rings. The van der Waals surface area contributed by atoms with E-state index in [9.17, 15) is 4.79 Å². The van der Waals surface area contributed by atoms with Crippen LogP contribution in [0.25, 0.3) is 0 Å². The summed E-state index contributed by atoms with van der Waals surface area (Å²) in [6.45, 7) is 0. The minimum absolute atomic E-state index is 0.161. The number of H-pyrrole nitrogens is 1. The highest BCUT2D eigenvalue weighted by atomic mass is 16.5. The lowest BCUT2D eigenvalue weighted by Gasteiger charge is -1.97. The molecular weight excluding hydrogens is 180 g/mol. The lowest BCUT2D eigenvalue weighted by Crippen LogP contribution is -2.03. The van der Waals surface area contributed by atoms with Gasteiger partial charge >= 0.3 is 5.63 Å². The number of aromatic amines is 1. The van der Waals surface area contributed by atoms with Crippen LogP contribution in [-0.2, 0) is 6.42 Å². The van der Waals surface area contributed by atoms with E-state index < -0.39 is 5.63 Å². The molecule has 72 valence electrons. The second-order valence-corrected chi connectivity index (χ2v) is 3.05. The van der Waals surface area contributed by atoms with E-state index in [0.717, 1.165) is 5.56 Å². The van der Waals surface area contributed by atoms with Gasteiger partial charge < -0.3 is 10.3 Å². The van der Waals surface area contributed by atoms with Crippen LogP contribution in [-0.4, -0.2) is 5.16 Å². The van der Waals surface area contributed by atoms with Crippen molar-refractivity contribution in [3.05, 3.63) is 52.0 Å². The summed E-state index contributed by atoms with van der Waals surface area (Å²) in [7, 11) is 0. The molecule has 1 aromatic heterocycles. The van der Waals surface area contributed by atoms with Gasteiger partial charge in [-0.2, -0.15) is 0 Å². The number of rotatable bonds is 2. The Hall–Kier alpha value is -1.97. The van der Waals surface area contributed by atoms with E-state index in [1.165, 1.54) is 0 Å². The predicted molar refractivity (Wildman–Crippen MR) is 53.0 cm³/mol. The van der Waals surface area contributed by atoms with E-state index in [1.54, 1.807) is 0 Å². The van der Waals surface area contributed by atoms with Crippen LogP contribution < -0.4 is 11.4 Å². The van der Waals surface area contributed by atoms with Gasteiger partial charge in [-0.1, -0.05) is 30.3 Å². The van der Waals surface area contributed by atoms with Crippen molar-refractivity contribution in [3.63, 3.8) is 0 Å². The van der Waals surface area contributed by atoms with Gasteiger partial charge in [0.25, 0.3) is 0 Å². The summed E-state index contributed by atoms with van der Waals surface area (Å²) in [5.74, 6) is 0. The number of nitrogen functional groups attached to an aromatic ring is 1. The molecule has 0 spiro atoms. The van der Waals surface area contributed by atoms with E-state index in [0.29, 0.717) is 12.1 Å². The normalized spacial score (nSPS) is 10.3. The molecule has 0 amide bonds. The van der Waals surface area contributed by atoms with E-state index in [-0.39, 0.29) is 5.69 Å². The van der Waals surface area contributed by atoms with E-state index in [1.807, 2.05) is 30.3 Å². The molecule has 0 aliphatic rings. The molecule has 1 aromatic carbocycles. The molecule has 0 aliphatic heterocycles. The second kappa shape index (κ2) is 3.41. The molecule has 0 fully saturated rings. The van der Waals surface area contributed by atoms with Gasteiger partial charge in [0.15, 0.2) is 0 Å². The van der Waals surface area contributed by atoms with Gasteiger partial charge in [0.1, 0.15) is 5.69 Å². The predicted octanol–water partition coefficient (Wildman–Crippen LogP) is 1.14. The van der Waals surface area contributed by atoms with Gasteiger partial charge in [-0.05, 0) is 5.56 Å². The van der Waals surface area contributed by atoms with E-state index in [4.69, 9.17) is 5.73 Å². The molecule has 0 radical (unpaired) electrons. The minimum atomic E-state index is -0.504. The van der Waals surface area contributed by atoms with Gasteiger partial charge in [-0.15, -0.1) is 0 Å². The van der Waals surface area contributed by atoms with Crippen LogP contribution in [0.5, 0.6) is 0 Å². The van der Waals surface area contributed by atoms with Crippen molar-refractivity contribution in [2.24, 2.45) is 0 Å². The molecule has 0 saturated heterocycles. The monoisotopic (exact) mass is 190 g/mol. The number of hydrogen-bond donors (Lipinski definition) is 2.